The summed E-state index contributed by atoms with van der Waals surface area (Å²) in [5, 5.41) is -0.0918. The number of rotatable bonds is 11. The van der Waals surface area contributed by atoms with Crippen LogP contribution in [0.15, 0.2) is 61.3 Å². The molecule has 66 heavy (non-hydrogen) atoms. The average Bonchev–Trinajstić information content (AvgIpc) is 3.14. The van der Waals surface area contributed by atoms with Crippen LogP contribution in [0, 0.1) is 41.4 Å². The number of carbonyl (C=O) groups excluding carboxylic acids is 1. The first kappa shape index (κ1) is 62.9. The summed E-state index contributed by atoms with van der Waals surface area (Å²) in [7, 11) is -9.29. The van der Waals surface area contributed by atoms with Gasteiger partial charge in [-0.15, -0.1) is 0 Å². The summed E-state index contributed by atoms with van der Waals surface area (Å²) in [4.78, 5) is 14.1. The molecular weight excluding hydrogens is 881 g/mol. The Hall–Kier alpha value is -1.12. The molecule has 0 aromatic rings. The highest BCUT2D eigenvalue weighted by molar-refractivity contribution is 6.75. The second-order valence-corrected chi connectivity index (χ2v) is 45.8. The highest BCUT2D eigenvalue weighted by atomic mass is 28.4. The standard InChI is InChI=1S/C56H108O6Si4/c1-28-29-32-43(4)48-39-41(2)35-36-42(3)46(7)49(60-64(22,23)54(11,12)13)40-47(59-63(20,21)53(8,9)10)38-37-45(6)51(61-65(24,25)55(14,15)16)52(62-66(26,27)56(17,18)19)58-50(57)34-31-30-33-44(48)5/h28-36,41-49,51-52H,1,37-40H2,2-27H3/b32-29?,33-30-,34-31+,36-35+/t41-,42+,43+,44-,45-,46-,47+,48+,49+,51+,52+/m1/s1. The van der Waals surface area contributed by atoms with Gasteiger partial charge in [-0.3, -0.25) is 0 Å². The van der Waals surface area contributed by atoms with Crippen molar-refractivity contribution in [2.24, 2.45) is 41.4 Å². The minimum atomic E-state index is -2.47. The summed E-state index contributed by atoms with van der Waals surface area (Å²) in [5.74, 6) is 1.49. The zero-order chi connectivity index (χ0) is 51.7. The average molecular weight is 990 g/mol. The molecule has 384 valence electrons. The second-order valence-electron chi connectivity index (χ2n) is 26.8. The molecule has 1 aliphatic heterocycles. The summed E-state index contributed by atoms with van der Waals surface area (Å²) in [6, 6.07) is 0. The lowest BCUT2D eigenvalue weighted by Gasteiger charge is -2.46. The summed E-state index contributed by atoms with van der Waals surface area (Å²) in [6.07, 6.45) is 20.9. The summed E-state index contributed by atoms with van der Waals surface area (Å²) in [5.41, 5.74) is 0. The molecule has 0 aromatic carbocycles. The molecule has 10 heteroatoms. The highest BCUT2D eigenvalue weighted by Gasteiger charge is 2.48. The number of cyclic esters (lactones) is 1. The molecule has 0 fully saturated rings. The molecule has 0 aliphatic carbocycles. The van der Waals surface area contributed by atoms with Gasteiger partial charge in [-0.2, -0.15) is 0 Å². The van der Waals surface area contributed by atoms with E-state index >= 15 is 0 Å². The lowest BCUT2D eigenvalue weighted by atomic mass is 9.77. The fourth-order valence-electron chi connectivity index (χ4n) is 7.56. The van der Waals surface area contributed by atoms with Gasteiger partial charge in [-0.1, -0.05) is 180 Å². The van der Waals surface area contributed by atoms with E-state index in [9.17, 15) is 4.79 Å². The van der Waals surface area contributed by atoms with Crippen LogP contribution >= 0.6 is 0 Å². The van der Waals surface area contributed by atoms with Crippen LogP contribution in [0.4, 0.5) is 0 Å². The number of carbonyl (C=O) groups is 1. The zero-order valence-corrected chi connectivity index (χ0v) is 52.0. The molecular formula is C56H108O6Si4. The van der Waals surface area contributed by atoms with Crippen LogP contribution in [-0.4, -0.2) is 63.8 Å². The van der Waals surface area contributed by atoms with Gasteiger partial charge in [0.1, 0.15) is 6.10 Å². The fraction of sp³-hybridized carbons (Fsp3) is 0.804. The van der Waals surface area contributed by atoms with E-state index in [1.807, 2.05) is 18.2 Å². The van der Waals surface area contributed by atoms with Crippen molar-refractivity contribution >= 4 is 39.2 Å². The molecule has 0 aromatic heterocycles. The maximum atomic E-state index is 14.1. The molecule has 0 N–H and O–H groups in total. The van der Waals surface area contributed by atoms with Crippen LogP contribution in [0.2, 0.25) is 72.5 Å². The van der Waals surface area contributed by atoms with Gasteiger partial charge < -0.3 is 22.4 Å². The fourth-order valence-corrected chi connectivity index (χ4v) is 12.9. The van der Waals surface area contributed by atoms with Crippen LogP contribution in [-0.2, 0) is 27.2 Å². The Bertz CT molecular complexity index is 1620. The number of esters is 1. The Morgan fingerprint density at radius 2 is 1.12 bits per heavy atom. The lowest BCUT2D eigenvalue weighted by molar-refractivity contribution is -0.180. The molecule has 11 atom stereocenters. The monoisotopic (exact) mass is 989 g/mol. The van der Waals surface area contributed by atoms with Crippen molar-refractivity contribution in [3.8, 4) is 0 Å². The van der Waals surface area contributed by atoms with Gasteiger partial charge in [0.25, 0.3) is 0 Å². The van der Waals surface area contributed by atoms with Crippen molar-refractivity contribution < 1.29 is 27.2 Å². The molecule has 0 saturated carbocycles. The molecule has 0 bridgehead atoms. The summed E-state index contributed by atoms with van der Waals surface area (Å²) < 4.78 is 36.3. The number of ether oxygens (including phenoxy) is 1. The third kappa shape index (κ3) is 19.2. The Kier molecular flexibility index (Phi) is 23.6. The SMILES string of the molecule is C=CC=C[C@H](C)[C@@H]1C[C@H](C)/C=C/[C@H](C)[C@@H](C)[C@@H](O[Si](C)(C)C(C)(C)C)C[C@@H](O[Si](C)(C)C(C)(C)C)CC[C@@H](C)[C@H](O[Si](C)(C)C(C)(C)C)[C@H](O[Si](C)(C)C(C)(C)C)OC(=O)/C=C/C=C\[C@H]1C. The van der Waals surface area contributed by atoms with Crippen molar-refractivity contribution in [1.82, 2.24) is 0 Å². The molecule has 0 amide bonds. The highest BCUT2D eigenvalue weighted by Crippen LogP contribution is 2.45. The van der Waals surface area contributed by atoms with Gasteiger partial charge in [0.2, 0.25) is 6.29 Å². The molecule has 1 heterocycles. The van der Waals surface area contributed by atoms with Gasteiger partial charge in [-0.25, -0.2) is 4.79 Å². The first-order chi connectivity index (χ1) is 29.6. The minimum Gasteiger partial charge on any atom is -0.431 e. The van der Waals surface area contributed by atoms with Crippen LogP contribution < -0.4 is 0 Å². The minimum absolute atomic E-state index is 0.00689. The molecule has 1 aliphatic rings. The normalized spacial score (nSPS) is 30.7. The Morgan fingerprint density at radius 3 is 1.62 bits per heavy atom. The van der Waals surface area contributed by atoms with Crippen molar-refractivity contribution in [3.05, 3.63) is 61.3 Å². The van der Waals surface area contributed by atoms with Crippen molar-refractivity contribution in [3.63, 3.8) is 0 Å². The van der Waals surface area contributed by atoms with E-state index in [0.717, 1.165) is 25.7 Å². The van der Waals surface area contributed by atoms with Crippen LogP contribution in [0.25, 0.3) is 0 Å². The van der Waals surface area contributed by atoms with Crippen molar-refractivity contribution in [2.75, 3.05) is 0 Å². The largest absolute Gasteiger partial charge is 0.431 e. The maximum absolute atomic E-state index is 14.1. The lowest BCUT2D eigenvalue weighted by Crippen LogP contribution is -2.55. The van der Waals surface area contributed by atoms with Crippen LogP contribution in [0.3, 0.4) is 0 Å². The molecule has 6 nitrogen and oxygen atoms in total. The third-order valence-corrected chi connectivity index (χ3v) is 34.9. The van der Waals surface area contributed by atoms with E-state index in [0.29, 0.717) is 23.7 Å². The predicted octanol–water partition coefficient (Wildman–Crippen LogP) is 17.5. The molecule has 0 spiro atoms. The molecule has 0 radical (unpaired) electrons. The topological polar surface area (TPSA) is 63.2 Å². The maximum Gasteiger partial charge on any atom is 0.333 e. The third-order valence-electron chi connectivity index (χ3n) is 16.9. The predicted molar refractivity (Wildman–Crippen MR) is 298 cm³/mol. The van der Waals surface area contributed by atoms with Gasteiger partial charge >= 0.3 is 5.97 Å². The summed E-state index contributed by atoms with van der Waals surface area (Å²) >= 11 is 0. The second kappa shape index (κ2) is 24.8. The van der Waals surface area contributed by atoms with E-state index in [1.54, 1.807) is 6.08 Å². The van der Waals surface area contributed by atoms with E-state index in [4.69, 9.17) is 22.4 Å². The first-order valence-corrected chi connectivity index (χ1v) is 37.5. The number of hydrogen-bond acceptors (Lipinski definition) is 6. The smallest absolute Gasteiger partial charge is 0.333 e. The molecule has 1 rings (SSSR count). The van der Waals surface area contributed by atoms with Gasteiger partial charge in [0.05, 0.1) is 6.10 Å². The Labute approximate surface area is 414 Å². The van der Waals surface area contributed by atoms with Gasteiger partial charge in [-0.05, 0) is 140 Å². The van der Waals surface area contributed by atoms with E-state index in [1.165, 1.54) is 0 Å². The van der Waals surface area contributed by atoms with Crippen molar-refractivity contribution in [2.45, 2.75) is 247 Å². The molecule has 0 unspecified atom stereocenters. The van der Waals surface area contributed by atoms with E-state index in [2.05, 4.69) is 214 Å². The Morgan fingerprint density at radius 1 is 0.636 bits per heavy atom. The van der Waals surface area contributed by atoms with E-state index in [-0.39, 0.29) is 50.1 Å². The number of allylic oxidation sites excluding steroid dienone is 8. The van der Waals surface area contributed by atoms with Crippen molar-refractivity contribution in [1.29, 1.82) is 0 Å². The summed E-state index contributed by atoms with van der Waals surface area (Å²) in [6.45, 7) is 64.2. The quantitative estimate of drug-likeness (QED) is 0.0890. The Balaban J connectivity index is 4.30. The van der Waals surface area contributed by atoms with Crippen LogP contribution in [0.1, 0.15) is 150 Å². The van der Waals surface area contributed by atoms with E-state index < -0.39 is 51.6 Å². The number of hydrogen-bond donors (Lipinski definition) is 0. The first-order valence-electron chi connectivity index (χ1n) is 25.8. The van der Waals surface area contributed by atoms with Crippen LogP contribution in [0.5, 0.6) is 0 Å². The zero-order valence-electron chi connectivity index (χ0n) is 48.0. The molecule has 0 saturated heterocycles. The van der Waals surface area contributed by atoms with Gasteiger partial charge in [0.15, 0.2) is 33.3 Å². The van der Waals surface area contributed by atoms with Gasteiger partial charge in [0, 0.05) is 12.2 Å².